The van der Waals surface area contributed by atoms with Gasteiger partial charge >= 0.3 is 0 Å². The zero-order valence-electron chi connectivity index (χ0n) is 11.0. The third-order valence-corrected chi connectivity index (χ3v) is 3.76. The summed E-state index contributed by atoms with van der Waals surface area (Å²) in [4.78, 5) is 0. The van der Waals surface area contributed by atoms with Gasteiger partial charge in [0.25, 0.3) is 0 Å². The maximum absolute atomic E-state index is 10.3. The zero-order chi connectivity index (χ0) is 13.1. The highest BCUT2D eigenvalue weighted by Crippen LogP contribution is 2.31. The van der Waals surface area contributed by atoms with Crippen LogP contribution in [-0.2, 0) is 4.74 Å². The quantitative estimate of drug-likeness (QED) is 0.875. The van der Waals surface area contributed by atoms with Gasteiger partial charge in [-0.05, 0) is 36.3 Å². The van der Waals surface area contributed by atoms with Crippen LogP contribution in [0.25, 0.3) is 0 Å². The van der Waals surface area contributed by atoms with Crippen LogP contribution in [0, 0.1) is 5.92 Å². The minimum absolute atomic E-state index is 0.187. The summed E-state index contributed by atoms with van der Waals surface area (Å²) >= 11 is 0. The average molecular weight is 256 g/mol. The SMILES string of the molecule is OC(C1=CCC(OCC2CC2)C=C1)c1ccccc1. The molecule has 2 unspecified atom stereocenters. The van der Waals surface area contributed by atoms with Crippen LogP contribution in [0.2, 0.25) is 0 Å². The van der Waals surface area contributed by atoms with Crippen LogP contribution in [0.3, 0.4) is 0 Å². The van der Waals surface area contributed by atoms with Crippen LogP contribution < -0.4 is 0 Å². The lowest BCUT2D eigenvalue weighted by atomic mass is 9.96. The molecule has 0 aromatic heterocycles. The van der Waals surface area contributed by atoms with E-state index in [0.717, 1.165) is 30.1 Å². The van der Waals surface area contributed by atoms with E-state index in [1.165, 1.54) is 12.8 Å². The minimum Gasteiger partial charge on any atom is -0.384 e. The fraction of sp³-hybridized carbons (Fsp3) is 0.412. The standard InChI is InChI=1S/C17H20O2/c18-17(14-4-2-1-3-5-14)15-8-10-16(11-9-15)19-12-13-6-7-13/h1-5,8-10,13,16-18H,6-7,11-12H2. The predicted octanol–water partition coefficient (Wildman–Crippen LogP) is 3.40. The largest absolute Gasteiger partial charge is 0.384 e. The van der Waals surface area contributed by atoms with Crippen LogP contribution >= 0.6 is 0 Å². The van der Waals surface area contributed by atoms with Gasteiger partial charge in [0, 0.05) is 0 Å². The summed E-state index contributed by atoms with van der Waals surface area (Å²) in [6.45, 7) is 0.888. The van der Waals surface area contributed by atoms with Gasteiger partial charge in [0.1, 0.15) is 6.10 Å². The van der Waals surface area contributed by atoms with Gasteiger partial charge in [-0.15, -0.1) is 0 Å². The Balaban J connectivity index is 1.56. The maximum Gasteiger partial charge on any atom is 0.104 e. The molecule has 2 aliphatic rings. The van der Waals surface area contributed by atoms with Crippen LogP contribution in [0.4, 0.5) is 0 Å². The van der Waals surface area contributed by atoms with Crippen LogP contribution in [-0.4, -0.2) is 17.8 Å². The summed E-state index contributed by atoms with van der Waals surface area (Å²) in [7, 11) is 0. The van der Waals surface area contributed by atoms with Crippen molar-refractivity contribution in [3.8, 4) is 0 Å². The van der Waals surface area contributed by atoms with Gasteiger partial charge < -0.3 is 9.84 Å². The summed E-state index contributed by atoms with van der Waals surface area (Å²) in [5.41, 5.74) is 1.91. The number of ether oxygens (including phenoxy) is 1. The van der Waals surface area contributed by atoms with Crippen molar-refractivity contribution in [1.82, 2.24) is 0 Å². The molecule has 0 saturated heterocycles. The van der Waals surface area contributed by atoms with E-state index in [4.69, 9.17) is 4.74 Å². The Morgan fingerprint density at radius 3 is 2.63 bits per heavy atom. The zero-order valence-corrected chi connectivity index (χ0v) is 11.0. The Bertz CT molecular complexity index is 471. The summed E-state index contributed by atoms with van der Waals surface area (Å²) in [5.74, 6) is 0.800. The molecule has 2 aliphatic carbocycles. The first-order chi connectivity index (χ1) is 9.33. The predicted molar refractivity (Wildman–Crippen MR) is 75.7 cm³/mol. The molecular weight excluding hydrogens is 236 g/mol. The molecule has 2 heteroatoms. The molecule has 2 atom stereocenters. The number of hydrogen-bond acceptors (Lipinski definition) is 2. The monoisotopic (exact) mass is 256 g/mol. The van der Waals surface area contributed by atoms with E-state index in [-0.39, 0.29) is 6.10 Å². The average Bonchev–Trinajstić information content (AvgIpc) is 3.30. The lowest BCUT2D eigenvalue weighted by Gasteiger charge is -2.20. The normalized spacial score (nSPS) is 24.1. The minimum atomic E-state index is -0.526. The van der Waals surface area contributed by atoms with Crippen molar-refractivity contribution < 1.29 is 9.84 Å². The van der Waals surface area contributed by atoms with Gasteiger partial charge in [0.15, 0.2) is 0 Å². The molecule has 1 saturated carbocycles. The third kappa shape index (κ3) is 3.34. The molecule has 1 N–H and O–H groups in total. The highest BCUT2D eigenvalue weighted by Gasteiger charge is 2.23. The lowest BCUT2D eigenvalue weighted by Crippen LogP contribution is -2.14. The van der Waals surface area contributed by atoms with Gasteiger partial charge in [-0.3, -0.25) is 0 Å². The summed E-state index contributed by atoms with van der Waals surface area (Å²) in [6.07, 6.45) is 9.34. The second-order valence-electron chi connectivity index (χ2n) is 5.43. The fourth-order valence-corrected chi connectivity index (χ4v) is 2.32. The number of aliphatic hydroxyl groups excluding tert-OH is 1. The van der Waals surface area contributed by atoms with Gasteiger partial charge in [0.05, 0.1) is 12.7 Å². The Morgan fingerprint density at radius 1 is 1.21 bits per heavy atom. The second-order valence-corrected chi connectivity index (χ2v) is 5.43. The third-order valence-electron chi connectivity index (χ3n) is 3.76. The van der Waals surface area contributed by atoms with Crippen molar-refractivity contribution in [2.45, 2.75) is 31.5 Å². The molecule has 1 fully saturated rings. The van der Waals surface area contributed by atoms with E-state index < -0.39 is 6.10 Å². The molecule has 2 nitrogen and oxygen atoms in total. The first-order valence-electron chi connectivity index (χ1n) is 7.06. The van der Waals surface area contributed by atoms with Crippen molar-refractivity contribution in [2.24, 2.45) is 5.92 Å². The first kappa shape index (κ1) is 12.6. The lowest BCUT2D eigenvalue weighted by molar-refractivity contribution is 0.0772. The van der Waals surface area contributed by atoms with E-state index in [2.05, 4.69) is 12.2 Å². The van der Waals surface area contributed by atoms with Crippen molar-refractivity contribution >= 4 is 0 Å². The smallest absolute Gasteiger partial charge is 0.104 e. The van der Waals surface area contributed by atoms with Crippen molar-refractivity contribution in [3.05, 3.63) is 59.7 Å². The van der Waals surface area contributed by atoms with E-state index in [1.807, 2.05) is 36.4 Å². The molecule has 0 spiro atoms. The molecule has 0 heterocycles. The molecule has 1 aromatic rings. The molecule has 100 valence electrons. The van der Waals surface area contributed by atoms with E-state index in [1.54, 1.807) is 0 Å². The summed E-state index contributed by atoms with van der Waals surface area (Å²) < 4.78 is 5.83. The molecule has 0 amide bonds. The van der Waals surface area contributed by atoms with Crippen molar-refractivity contribution in [3.63, 3.8) is 0 Å². The molecule has 19 heavy (non-hydrogen) atoms. The van der Waals surface area contributed by atoms with E-state index >= 15 is 0 Å². The molecule has 1 aromatic carbocycles. The topological polar surface area (TPSA) is 29.5 Å². The Labute approximate surface area is 114 Å². The molecule has 0 bridgehead atoms. The number of hydrogen-bond donors (Lipinski definition) is 1. The van der Waals surface area contributed by atoms with Crippen LogP contribution in [0.5, 0.6) is 0 Å². The number of benzene rings is 1. The summed E-state index contributed by atoms with van der Waals surface area (Å²) in [5, 5.41) is 10.3. The number of rotatable bonds is 5. The van der Waals surface area contributed by atoms with Gasteiger partial charge in [-0.25, -0.2) is 0 Å². The van der Waals surface area contributed by atoms with Crippen LogP contribution in [0.15, 0.2) is 54.1 Å². The highest BCUT2D eigenvalue weighted by molar-refractivity contribution is 5.34. The van der Waals surface area contributed by atoms with E-state index in [0.29, 0.717) is 0 Å². The highest BCUT2D eigenvalue weighted by atomic mass is 16.5. The molecule has 0 aliphatic heterocycles. The molecule has 3 rings (SSSR count). The van der Waals surface area contributed by atoms with Crippen molar-refractivity contribution in [1.29, 1.82) is 0 Å². The van der Waals surface area contributed by atoms with Crippen LogP contribution in [0.1, 0.15) is 30.9 Å². The number of aliphatic hydroxyl groups is 1. The Hall–Kier alpha value is -1.38. The first-order valence-corrected chi connectivity index (χ1v) is 7.06. The van der Waals surface area contributed by atoms with Gasteiger partial charge in [0.2, 0.25) is 0 Å². The fourth-order valence-electron chi connectivity index (χ4n) is 2.32. The second kappa shape index (κ2) is 5.72. The van der Waals surface area contributed by atoms with Crippen molar-refractivity contribution in [2.75, 3.05) is 6.61 Å². The molecule has 0 radical (unpaired) electrons. The Morgan fingerprint density at radius 2 is 2.00 bits per heavy atom. The Kier molecular flexibility index (Phi) is 3.81. The maximum atomic E-state index is 10.3. The van der Waals surface area contributed by atoms with Gasteiger partial charge in [-0.2, -0.15) is 0 Å². The van der Waals surface area contributed by atoms with Gasteiger partial charge in [-0.1, -0.05) is 48.6 Å². The van der Waals surface area contributed by atoms with E-state index in [9.17, 15) is 5.11 Å². The summed E-state index contributed by atoms with van der Waals surface area (Å²) in [6, 6.07) is 9.77. The molecular formula is C17H20O2.